The molecule has 0 saturated heterocycles. The highest BCUT2D eigenvalue weighted by atomic mass is 16.3. The lowest BCUT2D eigenvalue weighted by atomic mass is 10.2. The van der Waals surface area contributed by atoms with Crippen LogP contribution in [0.25, 0.3) is 5.69 Å². The van der Waals surface area contributed by atoms with Crippen LogP contribution >= 0.6 is 0 Å². The Bertz CT molecular complexity index is 476. The lowest BCUT2D eigenvalue weighted by Gasteiger charge is -2.07. The summed E-state index contributed by atoms with van der Waals surface area (Å²) in [5, 5.41) is 13.4. The van der Waals surface area contributed by atoms with Crippen LogP contribution in [0.15, 0.2) is 24.7 Å². The van der Waals surface area contributed by atoms with Crippen LogP contribution in [0.5, 0.6) is 0 Å². The van der Waals surface area contributed by atoms with Crippen LogP contribution in [0, 0.1) is 13.8 Å². The first kappa shape index (κ1) is 9.86. The number of hydrogen-bond acceptors (Lipinski definition) is 3. The van der Waals surface area contributed by atoms with Gasteiger partial charge in [-0.05, 0) is 25.5 Å². The summed E-state index contributed by atoms with van der Waals surface area (Å²) in [4.78, 5) is 4.14. The Morgan fingerprint density at radius 1 is 1.33 bits per heavy atom. The van der Waals surface area contributed by atoms with E-state index in [4.69, 9.17) is 0 Å². The van der Waals surface area contributed by atoms with Crippen molar-refractivity contribution in [3.63, 3.8) is 0 Å². The van der Waals surface area contributed by atoms with Gasteiger partial charge in [-0.15, -0.1) is 0 Å². The summed E-state index contributed by atoms with van der Waals surface area (Å²) in [5.74, 6) is 0. The molecule has 15 heavy (non-hydrogen) atoms. The molecule has 0 atom stereocenters. The topological polar surface area (TPSA) is 50.9 Å². The Balaban J connectivity index is 2.55. The van der Waals surface area contributed by atoms with Crippen LogP contribution in [0.4, 0.5) is 0 Å². The van der Waals surface area contributed by atoms with E-state index in [1.165, 1.54) is 0 Å². The smallest absolute Gasteiger partial charge is 0.0734 e. The Morgan fingerprint density at radius 2 is 2.13 bits per heavy atom. The molecule has 2 aromatic heterocycles. The molecule has 1 N–H and O–H groups in total. The second-order valence-electron chi connectivity index (χ2n) is 3.57. The molecule has 4 nitrogen and oxygen atoms in total. The van der Waals surface area contributed by atoms with Gasteiger partial charge in [0.1, 0.15) is 0 Å². The fourth-order valence-electron chi connectivity index (χ4n) is 1.45. The van der Waals surface area contributed by atoms with E-state index >= 15 is 0 Å². The van der Waals surface area contributed by atoms with Crippen LogP contribution < -0.4 is 0 Å². The molecule has 0 aliphatic carbocycles. The standard InChI is InChI=1S/C11H13N3O/c1-8-4-13-14(6-8)11-3-9(2)12-5-10(11)7-15/h3-6,15H,7H2,1-2H3. The van der Waals surface area contributed by atoms with Crippen molar-refractivity contribution in [2.24, 2.45) is 0 Å². The molecule has 0 aliphatic heterocycles. The maximum absolute atomic E-state index is 9.20. The van der Waals surface area contributed by atoms with E-state index in [0.29, 0.717) is 0 Å². The Hall–Kier alpha value is -1.68. The highest BCUT2D eigenvalue weighted by molar-refractivity contribution is 5.39. The van der Waals surface area contributed by atoms with Crippen molar-refractivity contribution in [2.45, 2.75) is 20.5 Å². The first-order valence-corrected chi connectivity index (χ1v) is 4.78. The summed E-state index contributed by atoms with van der Waals surface area (Å²) >= 11 is 0. The third kappa shape index (κ3) is 1.89. The van der Waals surface area contributed by atoms with Gasteiger partial charge in [0.05, 0.1) is 18.5 Å². The molecule has 0 saturated carbocycles. The van der Waals surface area contributed by atoms with Gasteiger partial charge >= 0.3 is 0 Å². The SMILES string of the molecule is Cc1cnn(-c2cc(C)ncc2CO)c1. The molecule has 0 bridgehead atoms. The van der Waals surface area contributed by atoms with Gasteiger partial charge in [-0.1, -0.05) is 0 Å². The van der Waals surface area contributed by atoms with Gasteiger partial charge < -0.3 is 5.11 Å². The first-order chi connectivity index (χ1) is 7.20. The average Bonchev–Trinajstić information content (AvgIpc) is 2.65. The molecular weight excluding hydrogens is 190 g/mol. The summed E-state index contributed by atoms with van der Waals surface area (Å²) < 4.78 is 1.76. The summed E-state index contributed by atoms with van der Waals surface area (Å²) in [6, 6.07) is 1.91. The number of aliphatic hydroxyl groups is 1. The number of hydrogen-bond donors (Lipinski definition) is 1. The van der Waals surface area contributed by atoms with Crippen molar-refractivity contribution in [2.75, 3.05) is 0 Å². The molecule has 2 rings (SSSR count). The Kier molecular flexibility index (Phi) is 2.51. The van der Waals surface area contributed by atoms with E-state index in [1.807, 2.05) is 26.1 Å². The summed E-state index contributed by atoms with van der Waals surface area (Å²) in [5.41, 5.74) is 3.67. The number of aliphatic hydroxyl groups excluding tert-OH is 1. The van der Waals surface area contributed by atoms with Gasteiger partial charge in [-0.2, -0.15) is 5.10 Å². The zero-order chi connectivity index (χ0) is 10.8. The molecule has 2 aromatic rings. The zero-order valence-electron chi connectivity index (χ0n) is 8.81. The quantitative estimate of drug-likeness (QED) is 0.802. The lowest BCUT2D eigenvalue weighted by Crippen LogP contribution is -2.02. The van der Waals surface area contributed by atoms with E-state index in [1.54, 1.807) is 17.1 Å². The fraction of sp³-hybridized carbons (Fsp3) is 0.273. The third-order valence-electron chi connectivity index (χ3n) is 2.23. The van der Waals surface area contributed by atoms with Gasteiger partial charge in [-0.3, -0.25) is 4.98 Å². The van der Waals surface area contributed by atoms with E-state index in [0.717, 1.165) is 22.5 Å². The van der Waals surface area contributed by atoms with Gasteiger partial charge in [0, 0.05) is 23.7 Å². The first-order valence-electron chi connectivity index (χ1n) is 4.78. The summed E-state index contributed by atoms with van der Waals surface area (Å²) in [6.07, 6.45) is 5.40. The minimum absolute atomic E-state index is 0.0263. The average molecular weight is 203 g/mol. The second-order valence-corrected chi connectivity index (χ2v) is 3.57. The van der Waals surface area contributed by atoms with Crippen LogP contribution in [0.2, 0.25) is 0 Å². The van der Waals surface area contributed by atoms with Gasteiger partial charge in [-0.25, -0.2) is 4.68 Å². The van der Waals surface area contributed by atoms with Crippen LogP contribution in [-0.4, -0.2) is 19.9 Å². The van der Waals surface area contributed by atoms with E-state index < -0.39 is 0 Å². The van der Waals surface area contributed by atoms with E-state index in [-0.39, 0.29) is 6.61 Å². The molecule has 0 spiro atoms. The third-order valence-corrected chi connectivity index (χ3v) is 2.23. The second kappa shape index (κ2) is 3.82. The monoisotopic (exact) mass is 203 g/mol. The normalized spacial score (nSPS) is 10.6. The van der Waals surface area contributed by atoms with Gasteiger partial charge in [0.25, 0.3) is 0 Å². The molecule has 0 aliphatic rings. The van der Waals surface area contributed by atoms with Crippen molar-refractivity contribution in [1.82, 2.24) is 14.8 Å². The highest BCUT2D eigenvalue weighted by Crippen LogP contribution is 2.14. The van der Waals surface area contributed by atoms with Crippen LogP contribution in [0.1, 0.15) is 16.8 Å². The summed E-state index contributed by atoms with van der Waals surface area (Å²) in [7, 11) is 0. The maximum Gasteiger partial charge on any atom is 0.0734 e. The summed E-state index contributed by atoms with van der Waals surface area (Å²) in [6.45, 7) is 3.87. The van der Waals surface area contributed by atoms with E-state index in [2.05, 4.69) is 10.1 Å². The number of pyridine rings is 1. The predicted molar refractivity (Wildman–Crippen MR) is 56.8 cm³/mol. The number of aryl methyl sites for hydroxylation is 2. The highest BCUT2D eigenvalue weighted by Gasteiger charge is 2.05. The molecule has 2 heterocycles. The van der Waals surface area contributed by atoms with E-state index in [9.17, 15) is 5.11 Å². The molecule has 0 unspecified atom stereocenters. The molecule has 4 heteroatoms. The van der Waals surface area contributed by atoms with Gasteiger partial charge in [0.2, 0.25) is 0 Å². The number of rotatable bonds is 2. The molecule has 78 valence electrons. The molecule has 0 amide bonds. The van der Waals surface area contributed by atoms with Crippen molar-refractivity contribution >= 4 is 0 Å². The minimum atomic E-state index is -0.0263. The fourth-order valence-corrected chi connectivity index (χ4v) is 1.45. The Morgan fingerprint density at radius 3 is 2.73 bits per heavy atom. The largest absolute Gasteiger partial charge is 0.392 e. The van der Waals surface area contributed by atoms with Crippen LogP contribution in [0.3, 0.4) is 0 Å². The van der Waals surface area contributed by atoms with Crippen LogP contribution in [-0.2, 0) is 6.61 Å². The molecule has 0 aromatic carbocycles. The van der Waals surface area contributed by atoms with Crippen molar-refractivity contribution in [3.05, 3.63) is 41.5 Å². The number of aromatic nitrogens is 3. The van der Waals surface area contributed by atoms with Gasteiger partial charge in [0.15, 0.2) is 0 Å². The van der Waals surface area contributed by atoms with Crippen molar-refractivity contribution in [1.29, 1.82) is 0 Å². The van der Waals surface area contributed by atoms with Crippen molar-refractivity contribution < 1.29 is 5.11 Å². The predicted octanol–water partition coefficient (Wildman–Crippen LogP) is 1.38. The zero-order valence-corrected chi connectivity index (χ0v) is 8.81. The minimum Gasteiger partial charge on any atom is -0.392 e. The molecule has 0 fully saturated rings. The lowest BCUT2D eigenvalue weighted by molar-refractivity contribution is 0.281. The maximum atomic E-state index is 9.20. The Labute approximate surface area is 88.2 Å². The van der Waals surface area contributed by atoms with Crippen molar-refractivity contribution in [3.8, 4) is 5.69 Å². The number of nitrogens with zero attached hydrogens (tertiary/aromatic N) is 3. The molecule has 0 radical (unpaired) electrons. The molecular formula is C11H13N3O.